The first-order valence-corrected chi connectivity index (χ1v) is 11.1. The highest BCUT2D eigenvalue weighted by atomic mass is 35.5. The molecule has 2 heterocycles. The van der Waals surface area contributed by atoms with Gasteiger partial charge < -0.3 is 14.2 Å². The fraction of sp³-hybridized carbons (Fsp3) is 0.333. The van der Waals surface area contributed by atoms with Gasteiger partial charge in [-0.05, 0) is 11.1 Å². The molecule has 3 atom stereocenters. The topological polar surface area (TPSA) is 82.6 Å². The highest BCUT2D eigenvalue weighted by Gasteiger charge is 2.50. The quantitative estimate of drug-likeness (QED) is 0.481. The summed E-state index contributed by atoms with van der Waals surface area (Å²) in [6.45, 7) is 0.738. The fourth-order valence-electron chi connectivity index (χ4n) is 3.83. The zero-order valence-electron chi connectivity index (χ0n) is 17.8. The number of aromatic amines is 1. The van der Waals surface area contributed by atoms with E-state index in [1.807, 2.05) is 65.6 Å². The van der Waals surface area contributed by atoms with Crippen LogP contribution in [0.25, 0.3) is 0 Å². The Hall–Kier alpha value is -2.78. The summed E-state index contributed by atoms with van der Waals surface area (Å²) in [7, 11) is 0. The van der Waals surface area contributed by atoms with Crippen molar-refractivity contribution in [1.82, 2.24) is 9.55 Å². The SMILES string of the molecule is O=c1[nH]c(=O)n([C@H]2C[C@H](OCc3ccccc3)[C@@](CCl)(COCc3ccccc3)O2)cc1F. The molecule has 0 spiro atoms. The number of hydrogen-bond acceptors (Lipinski definition) is 5. The molecule has 1 aromatic heterocycles. The highest BCUT2D eigenvalue weighted by Crippen LogP contribution is 2.40. The van der Waals surface area contributed by atoms with E-state index in [1.165, 1.54) is 0 Å². The van der Waals surface area contributed by atoms with E-state index in [0.717, 1.165) is 21.9 Å². The van der Waals surface area contributed by atoms with Crippen molar-refractivity contribution in [3.63, 3.8) is 0 Å². The smallest absolute Gasteiger partial charge is 0.330 e. The van der Waals surface area contributed by atoms with Crippen LogP contribution in [0.15, 0.2) is 76.4 Å². The van der Waals surface area contributed by atoms with Crippen LogP contribution in [0.5, 0.6) is 0 Å². The Balaban J connectivity index is 1.56. The lowest BCUT2D eigenvalue weighted by molar-refractivity contribution is -0.144. The molecular formula is C24H24ClFN2O5. The minimum absolute atomic E-state index is 0.0261. The lowest BCUT2D eigenvalue weighted by Gasteiger charge is -2.32. The number of nitrogens with zero attached hydrogens (tertiary/aromatic N) is 1. The zero-order chi connectivity index (χ0) is 23.3. The third-order valence-electron chi connectivity index (χ3n) is 5.59. The van der Waals surface area contributed by atoms with Crippen LogP contribution >= 0.6 is 11.6 Å². The summed E-state index contributed by atoms with van der Waals surface area (Å²) < 4.78 is 33.2. The number of alkyl halides is 1. The fourth-order valence-corrected chi connectivity index (χ4v) is 4.14. The molecule has 0 aliphatic carbocycles. The van der Waals surface area contributed by atoms with E-state index in [0.29, 0.717) is 13.2 Å². The molecule has 0 radical (unpaired) electrons. The molecule has 33 heavy (non-hydrogen) atoms. The van der Waals surface area contributed by atoms with Crippen molar-refractivity contribution in [2.24, 2.45) is 0 Å². The van der Waals surface area contributed by atoms with E-state index in [2.05, 4.69) is 0 Å². The van der Waals surface area contributed by atoms with Gasteiger partial charge in [0.05, 0.1) is 38.0 Å². The summed E-state index contributed by atoms with van der Waals surface area (Å²) in [5.41, 5.74) is -0.994. The molecular weight excluding hydrogens is 451 g/mol. The molecule has 1 aliphatic heterocycles. The maximum Gasteiger partial charge on any atom is 0.330 e. The number of aromatic nitrogens is 2. The Bertz CT molecular complexity index is 1170. The van der Waals surface area contributed by atoms with Gasteiger partial charge >= 0.3 is 5.69 Å². The summed E-state index contributed by atoms with van der Waals surface area (Å²) in [5, 5.41) is 0. The van der Waals surface area contributed by atoms with Crippen LogP contribution in [-0.2, 0) is 27.4 Å². The average Bonchev–Trinajstić information content (AvgIpc) is 3.20. The van der Waals surface area contributed by atoms with Gasteiger partial charge in [-0.15, -0.1) is 11.6 Å². The molecule has 0 saturated carbocycles. The molecule has 1 N–H and O–H groups in total. The third-order valence-corrected chi connectivity index (χ3v) is 6.04. The van der Waals surface area contributed by atoms with Gasteiger partial charge in [-0.3, -0.25) is 14.3 Å². The van der Waals surface area contributed by atoms with Gasteiger partial charge in [-0.25, -0.2) is 4.79 Å². The Morgan fingerprint density at radius 1 is 1.06 bits per heavy atom. The van der Waals surface area contributed by atoms with Gasteiger partial charge in [0, 0.05) is 6.42 Å². The molecule has 0 amide bonds. The Kier molecular flexibility index (Phi) is 7.39. The van der Waals surface area contributed by atoms with E-state index < -0.39 is 35.0 Å². The van der Waals surface area contributed by atoms with E-state index in [9.17, 15) is 14.0 Å². The number of nitrogens with one attached hydrogen (secondary N) is 1. The zero-order valence-corrected chi connectivity index (χ0v) is 18.5. The first-order chi connectivity index (χ1) is 16.0. The van der Waals surface area contributed by atoms with Crippen LogP contribution in [-0.4, -0.2) is 33.7 Å². The number of rotatable bonds is 9. The molecule has 174 valence electrons. The second kappa shape index (κ2) is 10.4. The molecule has 7 nitrogen and oxygen atoms in total. The summed E-state index contributed by atoms with van der Waals surface area (Å²) in [6.07, 6.45) is -0.365. The molecule has 1 aliphatic rings. The van der Waals surface area contributed by atoms with Crippen LogP contribution in [0.4, 0.5) is 4.39 Å². The van der Waals surface area contributed by atoms with E-state index in [1.54, 1.807) is 0 Å². The highest BCUT2D eigenvalue weighted by molar-refractivity contribution is 6.18. The van der Waals surface area contributed by atoms with Crippen molar-refractivity contribution in [3.8, 4) is 0 Å². The first-order valence-electron chi connectivity index (χ1n) is 10.5. The van der Waals surface area contributed by atoms with Gasteiger partial charge in [-0.1, -0.05) is 60.7 Å². The second-order valence-corrected chi connectivity index (χ2v) is 8.18. The van der Waals surface area contributed by atoms with Gasteiger partial charge in [0.2, 0.25) is 5.82 Å². The van der Waals surface area contributed by atoms with Crippen molar-refractivity contribution in [3.05, 3.63) is 105 Å². The Morgan fingerprint density at radius 3 is 2.33 bits per heavy atom. The van der Waals surface area contributed by atoms with Crippen LogP contribution in [0.1, 0.15) is 23.8 Å². The van der Waals surface area contributed by atoms with E-state index in [4.69, 9.17) is 25.8 Å². The monoisotopic (exact) mass is 474 g/mol. The van der Waals surface area contributed by atoms with Crippen LogP contribution in [0, 0.1) is 5.82 Å². The molecule has 0 bridgehead atoms. The van der Waals surface area contributed by atoms with E-state index in [-0.39, 0.29) is 18.9 Å². The van der Waals surface area contributed by atoms with Crippen LogP contribution in [0.2, 0.25) is 0 Å². The molecule has 9 heteroatoms. The lowest BCUT2D eigenvalue weighted by Crippen LogP contribution is -2.47. The standard InChI is InChI=1S/C24H24ClFN2O5/c25-15-24(16-31-13-17-7-3-1-4-8-17)20(32-14-18-9-5-2-6-10-18)11-21(33-24)28-12-19(26)22(29)27-23(28)30/h1-10,12,20-21H,11,13-16H2,(H,27,29,30)/t20-,21+,24+/m0/s1. The van der Waals surface area contributed by atoms with Crippen molar-refractivity contribution < 1.29 is 18.6 Å². The van der Waals surface area contributed by atoms with Crippen molar-refractivity contribution in [2.45, 2.75) is 37.6 Å². The number of H-pyrrole nitrogens is 1. The van der Waals surface area contributed by atoms with Crippen molar-refractivity contribution in [2.75, 3.05) is 12.5 Å². The first kappa shape index (κ1) is 23.4. The van der Waals surface area contributed by atoms with Crippen LogP contribution in [0.3, 0.4) is 0 Å². The van der Waals surface area contributed by atoms with Gasteiger partial charge in [0.15, 0.2) is 0 Å². The summed E-state index contributed by atoms with van der Waals surface area (Å²) in [6, 6.07) is 19.2. The number of halogens is 2. The van der Waals surface area contributed by atoms with E-state index >= 15 is 0 Å². The van der Waals surface area contributed by atoms with Crippen molar-refractivity contribution >= 4 is 11.6 Å². The third kappa shape index (κ3) is 5.42. The number of hydrogen-bond donors (Lipinski definition) is 1. The average molecular weight is 475 g/mol. The molecule has 3 aromatic rings. The molecule has 1 fully saturated rings. The number of benzene rings is 2. The Morgan fingerprint density at radius 2 is 1.70 bits per heavy atom. The minimum Gasteiger partial charge on any atom is -0.374 e. The maximum atomic E-state index is 13.9. The summed E-state index contributed by atoms with van der Waals surface area (Å²) in [5.74, 6) is -1.05. The predicted octanol–water partition coefficient (Wildman–Crippen LogP) is 3.37. The predicted molar refractivity (Wildman–Crippen MR) is 121 cm³/mol. The molecule has 2 aromatic carbocycles. The summed E-state index contributed by atoms with van der Waals surface area (Å²) >= 11 is 6.37. The van der Waals surface area contributed by atoms with Crippen LogP contribution < -0.4 is 11.2 Å². The number of ether oxygens (including phenoxy) is 3. The van der Waals surface area contributed by atoms with Gasteiger partial charge in [-0.2, -0.15) is 4.39 Å². The van der Waals surface area contributed by atoms with Crippen molar-refractivity contribution in [1.29, 1.82) is 0 Å². The lowest BCUT2D eigenvalue weighted by atomic mass is 9.99. The largest absolute Gasteiger partial charge is 0.374 e. The second-order valence-electron chi connectivity index (χ2n) is 7.91. The van der Waals surface area contributed by atoms with Gasteiger partial charge in [0.25, 0.3) is 5.56 Å². The summed E-state index contributed by atoms with van der Waals surface area (Å²) in [4.78, 5) is 25.7. The molecule has 0 unspecified atom stereocenters. The van der Waals surface area contributed by atoms with Gasteiger partial charge in [0.1, 0.15) is 11.8 Å². The normalized spacial score (nSPS) is 22.5. The minimum atomic E-state index is -1.08. The maximum absolute atomic E-state index is 13.9. The molecule has 1 saturated heterocycles. The Labute approximate surface area is 194 Å². The molecule has 4 rings (SSSR count).